The second kappa shape index (κ2) is 8.94. The van der Waals surface area contributed by atoms with E-state index in [1.807, 2.05) is 0 Å². The number of carbonyl (C=O) groups excluding carboxylic acids is 1. The van der Waals surface area contributed by atoms with Crippen LogP contribution in [0.15, 0.2) is 51.5 Å². The number of carbonyl (C=O) groups is 1. The molecule has 0 unspecified atom stereocenters. The summed E-state index contributed by atoms with van der Waals surface area (Å²) in [6, 6.07) is 9.96. The molecule has 2 aromatic rings. The summed E-state index contributed by atoms with van der Waals surface area (Å²) >= 11 is 1.31. The van der Waals surface area contributed by atoms with Gasteiger partial charge in [-0.15, -0.1) is 11.8 Å². The summed E-state index contributed by atoms with van der Waals surface area (Å²) in [6.45, 7) is 1.79. The van der Waals surface area contributed by atoms with Crippen LogP contribution in [0.5, 0.6) is 0 Å². The molecule has 0 fully saturated rings. The predicted octanol–water partition coefficient (Wildman–Crippen LogP) is 3.74. The normalized spacial score (nSPS) is 11.0. The number of hydrogen-bond acceptors (Lipinski definition) is 8. The molecule has 0 atom stereocenters. The molecule has 130 valence electrons. The van der Waals surface area contributed by atoms with Crippen LogP contribution in [0.2, 0.25) is 0 Å². The van der Waals surface area contributed by atoms with Gasteiger partial charge in [-0.05, 0) is 42.8 Å². The molecular formula is C17H15N2O5S-. The molecule has 8 heteroatoms. The van der Waals surface area contributed by atoms with Crippen LogP contribution in [0.3, 0.4) is 0 Å². The molecule has 0 saturated carbocycles. The number of thioether (sulfide) groups is 1. The van der Waals surface area contributed by atoms with Gasteiger partial charge in [0.05, 0.1) is 24.3 Å². The van der Waals surface area contributed by atoms with Gasteiger partial charge < -0.3 is 19.6 Å². The smallest absolute Gasteiger partial charge is 0.348 e. The lowest BCUT2D eigenvalue weighted by Gasteiger charge is -2.24. The summed E-state index contributed by atoms with van der Waals surface area (Å²) in [4.78, 5) is 12.2. The maximum Gasteiger partial charge on any atom is 0.348 e. The molecule has 0 aliphatic carbocycles. The first-order valence-electron chi connectivity index (χ1n) is 7.29. The predicted molar refractivity (Wildman–Crippen MR) is 92.6 cm³/mol. The lowest BCUT2D eigenvalue weighted by atomic mass is 10.1. The fourth-order valence-electron chi connectivity index (χ4n) is 1.95. The van der Waals surface area contributed by atoms with E-state index in [4.69, 9.17) is 14.4 Å². The Morgan fingerprint density at radius 2 is 2.32 bits per heavy atom. The molecule has 2 rings (SSSR count). The van der Waals surface area contributed by atoms with Crippen molar-refractivity contribution in [3.8, 4) is 6.07 Å². The summed E-state index contributed by atoms with van der Waals surface area (Å²) in [6.07, 6.45) is 2.85. The van der Waals surface area contributed by atoms with Gasteiger partial charge >= 0.3 is 5.97 Å². The Bertz CT molecular complexity index is 794. The Balaban J connectivity index is 2.25. The Hall–Kier alpha value is -2.73. The number of nitrogens with zero attached hydrogens (tertiary/aromatic N) is 2. The number of ether oxygens (including phenoxy) is 1. The van der Waals surface area contributed by atoms with Crippen molar-refractivity contribution in [1.29, 1.82) is 5.26 Å². The second-order valence-electron chi connectivity index (χ2n) is 4.76. The number of nitriles is 1. The SMILES string of the molecule is CCOC(=O)/C(C#N)=C\c1ccc(SCc2ccco2)c(N([O-])O)c1. The van der Waals surface area contributed by atoms with Crippen LogP contribution in [0.1, 0.15) is 18.2 Å². The van der Waals surface area contributed by atoms with Crippen molar-refractivity contribution in [2.75, 3.05) is 11.8 Å². The first-order chi connectivity index (χ1) is 12.0. The Labute approximate surface area is 148 Å². The fraction of sp³-hybridized carbons (Fsp3) is 0.176. The van der Waals surface area contributed by atoms with E-state index in [9.17, 15) is 15.2 Å². The van der Waals surface area contributed by atoms with Crippen molar-refractivity contribution in [2.24, 2.45) is 0 Å². The van der Waals surface area contributed by atoms with Crippen LogP contribution in [-0.4, -0.2) is 17.8 Å². The number of rotatable bonds is 7. The maximum absolute atomic E-state index is 11.6. The summed E-state index contributed by atoms with van der Waals surface area (Å²) in [5.74, 6) is 0.463. The second-order valence-corrected chi connectivity index (χ2v) is 5.78. The van der Waals surface area contributed by atoms with E-state index in [2.05, 4.69) is 0 Å². The zero-order valence-electron chi connectivity index (χ0n) is 13.3. The molecule has 1 aromatic carbocycles. The van der Waals surface area contributed by atoms with Gasteiger partial charge in [-0.3, -0.25) is 5.21 Å². The molecule has 0 saturated heterocycles. The van der Waals surface area contributed by atoms with Gasteiger partial charge in [0.15, 0.2) is 0 Å². The first-order valence-corrected chi connectivity index (χ1v) is 8.28. The summed E-state index contributed by atoms with van der Waals surface area (Å²) < 4.78 is 10.0. The number of hydrogen-bond donors (Lipinski definition) is 1. The van der Waals surface area contributed by atoms with Gasteiger partial charge in [-0.25, -0.2) is 4.79 Å². The van der Waals surface area contributed by atoms with Gasteiger partial charge in [-0.2, -0.15) is 5.26 Å². The minimum atomic E-state index is -0.745. The van der Waals surface area contributed by atoms with E-state index in [1.165, 1.54) is 23.9 Å². The maximum atomic E-state index is 11.6. The quantitative estimate of drug-likeness (QED) is 0.262. The van der Waals surface area contributed by atoms with Crippen molar-refractivity contribution in [1.82, 2.24) is 0 Å². The Morgan fingerprint density at radius 3 is 2.92 bits per heavy atom. The summed E-state index contributed by atoms with van der Waals surface area (Å²) in [5, 5.41) is 29.6. The largest absolute Gasteiger partial charge is 0.733 e. The summed E-state index contributed by atoms with van der Waals surface area (Å²) in [7, 11) is 0. The fourth-order valence-corrected chi connectivity index (χ4v) is 2.86. The lowest BCUT2D eigenvalue weighted by molar-refractivity contribution is -0.137. The van der Waals surface area contributed by atoms with Crippen LogP contribution < -0.4 is 5.23 Å². The average Bonchev–Trinajstić information content (AvgIpc) is 3.11. The van der Waals surface area contributed by atoms with E-state index < -0.39 is 5.97 Å². The van der Waals surface area contributed by atoms with Gasteiger partial charge in [0.2, 0.25) is 0 Å². The number of esters is 1. The average molecular weight is 359 g/mol. The van der Waals surface area contributed by atoms with Crippen LogP contribution in [0.4, 0.5) is 5.69 Å². The van der Waals surface area contributed by atoms with Crippen molar-refractivity contribution in [2.45, 2.75) is 17.6 Å². The third kappa shape index (κ3) is 5.12. The van der Waals surface area contributed by atoms with Gasteiger partial charge in [0.1, 0.15) is 17.4 Å². The van der Waals surface area contributed by atoms with E-state index in [1.54, 1.807) is 43.5 Å². The molecule has 7 nitrogen and oxygen atoms in total. The highest BCUT2D eigenvalue weighted by Gasteiger charge is 2.11. The number of benzene rings is 1. The van der Waals surface area contributed by atoms with E-state index >= 15 is 0 Å². The molecule has 25 heavy (non-hydrogen) atoms. The molecule has 0 amide bonds. The molecular weight excluding hydrogens is 344 g/mol. The highest BCUT2D eigenvalue weighted by atomic mass is 32.2. The van der Waals surface area contributed by atoms with Crippen molar-refractivity contribution in [3.05, 3.63) is 58.7 Å². The molecule has 0 aliphatic rings. The van der Waals surface area contributed by atoms with E-state index in [0.717, 1.165) is 5.76 Å². The molecule has 1 aromatic heterocycles. The standard InChI is InChI=1S/C17H15N2O5S/c1-2-23-17(20)13(10-18)8-12-5-6-16(15(9-12)19(21)22)25-11-14-4-3-7-24-14/h3-9,21H,2,11H2,1H3/q-1/b13-8-. The lowest BCUT2D eigenvalue weighted by Crippen LogP contribution is -2.09. The van der Waals surface area contributed by atoms with Crippen molar-refractivity contribution >= 4 is 29.5 Å². The highest BCUT2D eigenvalue weighted by molar-refractivity contribution is 7.98. The van der Waals surface area contributed by atoms with Gasteiger partial charge in [0, 0.05) is 4.90 Å². The third-order valence-electron chi connectivity index (χ3n) is 3.07. The highest BCUT2D eigenvalue weighted by Crippen LogP contribution is 2.33. The van der Waals surface area contributed by atoms with Crippen LogP contribution in [0.25, 0.3) is 6.08 Å². The zero-order valence-corrected chi connectivity index (χ0v) is 14.2. The minimum Gasteiger partial charge on any atom is -0.733 e. The topological polar surface area (TPSA) is 110 Å². The molecule has 1 heterocycles. The molecule has 0 aliphatic heterocycles. The number of furan rings is 1. The molecule has 0 bridgehead atoms. The zero-order chi connectivity index (χ0) is 18.2. The molecule has 0 radical (unpaired) electrons. The first kappa shape index (κ1) is 18.6. The van der Waals surface area contributed by atoms with E-state index in [-0.39, 0.29) is 23.1 Å². The molecule has 1 N–H and O–H groups in total. The van der Waals surface area contributed by atoms with Crippen molar-refractivity contribution < 1.29 is 19.2 Å². The van der Waals surface area contributed by atoms with E-state index in [0.29, 0.717) is 16.2 Å². The Morgan fingerprint density at radius 1 is 1.52 bits per heavy atom. The Kier molecular flexibility index (Phi) is 6.65. The van der Waals surface area contributed by atoms with Crippen molar-refractivity contribution in [3.63, 3.8) is 0 Å². The molecule has 0 spiro atoms. The van der Waals surface area contributed by atoms with Gasteiger partial charge in [0.25, 0.3) is 0 Å². The third-order valence-corrected chi connectivity index (χ3v) is 4.15. The summed E-state index contributed by atoms with van der Waals surface area (Å²) in [5.41, 5.74) is 0.225. The van der Waals surface area contributed by atoms with Crippen LogP contribution >= 0.6 is 11.8 Å². The monoisotopic (exact) mass is 359 g/mol. The minimum absolute atomic E-state index is 0.00598. The van der Waals surface area contributed by atoms with Crippen LogP contribution in [-0.2, 0) is 15.3 Å². The van der Waals surface area contributed by atoms with Crippen LogP contribution in [0, 0.1) is 16.5 Å². The number of anilines is 1. The van der Waals surface area contributed by atoms with Gasteiger partial charge in [-0.1, -0.05) is 6.07 Å².